The average Bonchev–Trinajstić information content (AvgIpc) is 2.53. The smallest absolute Gasteiger partial charge is 0.0606 e. The van der Waals surface area contributed by atoms with Crippen molar-refractivity contribution in [2.24, 2.45) is 5.73 Å². The summed E-state index contributed by atoms with van der Waals surface area (Å²) in [5.41, 5.74) is 8.45. The van der Waals surface area contributed by atoms with Crippen LogP contribution in [0, 0.1) is 6.92 Å². The molecule has 0 bridgehead atoms. The summed E-state index contributed by atoms with van der Waals surface area (Å²) in [6.45, 7) is 2.94. The number of pyridine rings is 1. The van der Waals surface area contributed by atoms with Gasteiger partial charge >= 0.3 is 0 Å². The third-order valence-corrected chi connectivity index (χ3v) is 4.78. The lowest BCUT2D eigenvalue weighted by Crippen LogP contribution is -2.42. The Morgan fingerprint density at radius 1 is 1.22 bits per heavy atom. The number of nitrogens with zero attached hydrogens (tertiary/aromatic N) is 2. The van der Waals surface area contributed by atoms with E-state index in [0.29, 0.717) is 18.6 Å². The fourth-order valence-corrected chi connectivity index (χ4v) is 3.65. The van der Waals surface area contributed by atoms with Crippen molar-refractivity contribution >= 4 is 28.9 Å². The standard InChI is InChI=1S/C18H25N3O.ClH/c1-13-11-20-12-14-3-2-4-17(18(13)14)21(9-10-22)16-7-5-15(19)6-8-16;/h2-4,11-12,15-16,22H,5-10,19H2,1H3;1H. The summed E-state index contributed by atoms with van der Waals surface area (Å²) in [5.74, 6) is 0. The SMILES string of the molecule is Cc1cncc2cccc(N(CCO)C3CCC(N)CC3)c12.Cl. The number of rotatable bonds is 4. The molecule has 1 aromatic heterocycles. The summed E-state index contributed by atoms with van der Waals surface area (Å²) in [6, 6.07) is 7.15. The lowest BCUT2D eigenvalue weighted by Gasteiger charge is -2.38. The van der Waals surface area contributed by atoms with Crippen LogP contribution in [0.4, 0.5) is 5.69 Å². The van der Waals surface area contributed by atoms with Gasteiger partial charge in [-0.2, -0.15) is 0 Å². The Morgan fingerprint density at radius 3 is 2.65 bits per heavy atom. The highest BCUT2D eigenvalue weighted by Crippen LogP contribution is 2.33. The van der Waals surface area contributed by atoms with Crippen molar-refractivity contribution in [1.82, 2.24) is 4.98 Å². The van der Waals surface area contributed by atoms with Crippen LogP contribution in [0.15, 0.2) is 30.6 Å². The molecular weight excluding hydrogens is 310 g/mol. The van der Waals surface area contributed by atoms with Gasteiger partial charge in [-0.15, -0.1) is 12.4 Å². The first-order valence-electron chi connectivity index (χ1n) is 8.17. The number of aryl methyl sites for hydroxylation is 1. The number of hydrogen-bond acceptors (Lipinski definition) is 4. The molecule has 0 amide bonds. The highest BCUT2D eigenvalue weighted by atomic mass is 35.5. The van der Waals surface area contributed by atoms with Crippen molar-refractivity contribution in [2.45, 2.75) is 44.7 Å². The predicted octanol–water partition coefficient (Wildman–Crippen LogP) is 3.03. The van der Waals surface area contributed by atoms with Crippen LogP contribution in [-0.2, 0) is 0 Å². The second-order valence-corrected chi connectivity index (χ2v) is 6.32. The minimum absolute atomic E-state index is 0. The molecule has 1 aliphatic rings. The van der Waals surface area contributed by atoms with Crippen LogP contribution >= 0.6 is 12.4 Å². The molecule has 0 saturated heterocycles. The largest absolute Gasteiger partial charge is 0.395 e. The number of aliphatic hydroxyl groups excluding tert-OH is 1. The number of nitrogens with two attached hydrogens (primary N) is 1. The van der Waals surface area contributed by atoms with E-state index in [9.17, 15) is 5.11 Å². The van der Waals surface area contributed by atoms with Gasteiger partial charge in [0.25, 0.3) is 0 Å². The lowest BCUT2D eigenvalue weighted by atomic mass is 9.90. The number of aromatic nitrogens is 1. The molecule has 5 heteroatoms. The molecule has 0 atom stereocenters. The monoisotopic (exact) mass is 335 g/mol. The summed E-state index contributed by atoms with van der Waals surface area (Å²) in [7, 11) is 0. The number of anilines is 1. The van der Waals surface area contributed by atoms with E-state index in [1.165, 1.54) is 16.6 Å². The van der Waals surface area contributed by atoms with E-state index in [-0.39, 0.29) is 19.0 Å². The van der Waals surface area contributed by atoms with Gasteiger partial charge in [0.1, 0.15) is 0 Å². The Morgan fingerprint density at radius 2 is 1.96 bits per heavy atom. The fourth-order valence-electron chi connectivity index (χ4n) is 3.65. The molecule has 3 rings (SSSR count). The van der Waals surface area contributed by atoms with Gasteiger partial charge in [0.05, 0.1) is 6.61 Å². The van der Waals surface area contributed by atoms with Crippen molar-refractivity contribution in [1.29, 1.82) is 0 Å². The van der Waals surface area contributed by atoms with E-state index in [4.69, 9.17) is 5.73 Å². The molecule has 1 saturated carbocycles. The third kappa shape index (κ3) is 3.77. The van der Waals surface area contributed by atoms with Gasteiger partial charge in [-0.1, -0.05) is 12.1 Å². The Labute approximate surface area is 144 Å². The summed E-state index contributed by atoms with van der Waals surface area (Å²) < 4.78 is 0. The third-order valence-electron chi connectivity index (χ3n) is 4.78. The normalized spacial score (nSPS) is 21.0. The number of halogens is 1. The van der Waals surface area contributed by atoms with Crippen LogP contribution in [0.3, 0.4) is 0 Å². The van der Waals surface area contributed by atoms with Gasteiger partial charge < -0.3 is 15.7 Å². The Kier molecular flexibility index (Phi) is 6.22. The first kappa shape index (κ1) is 18.0. The minimum atomic E-state index is 0. The molecular formula is C18H26ClN3O. The zero-order chi connectivity index (χ0) is 15.5. The summed E-state index contributed by atoms with van der Waals surface area (Å²) >= 11 is 0. The summed E-state index contributed by atoms with van der Waals surface area (Å²) in [4.78, 5) is 6.67. The molecule has 0 spiro atoms. The highest BCUT2D eigenvalue weighted by molar-refractivity contribution is 5.96. The van der Waals surface area contributed by atoms with Gasteiger partial charge in [0.15, 0.2) is 0 Å². The van der Waals surface area contributed by atoms with Crippen LogP contribution in [0.1, 0.15) is 31.2 Å². The lowest BCUT2D eigenvalue weighted by molar-refractivity contribution is 0.287. The van der Waals surface area contributed by atoms with Gasteiger partial charge in [0, 0.05) is 47.5 Å². The highest BCUT2D eigenvalue weighted by Gasteiger charge is 2.25. The van der Waals surface area contributed by atoms with Crippen LogP contribution in [-0.4, -0.2) is 35.3 Å². The summed E-state index contributed by atoms with van der Waals surface area (Å²) in [6.07, 6.45) is 8.17. The first-order valence-corrected chi connectivity index (χ1v) is 8.17. The van der Waals surface area contributed by atoms with Gasteiger partial charge in [0.2, 0.25) is 0 Å². The van der Waals surface area contributed by atoms with Crippen molar-refractivity contribution < 1.29 is 5.11 Å². The average molecular weight is 336 g/mol. The molecule has 23 heavy (non-hydrogen) atoms. The van der Waals surface area contributed by atoms with Gasteiger partial charge in [-0.3, -0.25) is 4.98 Å². The second kappa shape index (κ2) is 7.95. The molecule has 0 radical (unpaired) electrons. The first-order chi connectivity index (χ1) is 10.7. The fraction of sp³-hybridized carbons (Fsp3) is 0.500. The molecule has 1 fully saturated rings. The van der Waals surface area contributed by atoms with Crippen LogP contribution in [0.25, 0.3) is 10.8 Å². The molecule has 4 nitrogen and oxygen atoms in total. The van der Waals surface area contributed by atoms with Crippen molar-refractivity contribution in [3.8, 4) is 0 Å². The maximum Gasteiger partial charge on any atom is 0.0606 e. The maximum absolute atomic E-state index is 9.54. The van der Waals surface area contributed by atoms with E-state index in [1.54, 1.807) is 0 Å². The molecule has 1 heterocycles. The second-order valence-electron chi connectivity index (χ2n) is 6.32. The van der Waals surface area contributed by atoms with Crippen molar-refractivity contribution in [3.05, 3.63) is 36.2 Å². The molecule has 1 aliphatic carbocycles. The van der Waals surface area contributed by atoms with E-state index in [0.717, 1.165) is 31.1 Å². The topological polar surface area (TPSA) is 62.4 Å². The molecule has 2 aromatic rings. The number of hydrogen-bond donors (Lipinski definition) is 2. The Hall–Kier alpha value is -1.36. The molecule has 3 N–H and O–H groups in total. The van der Waals surface area contributed by atoms with Crippen LogP contribution < -0.4 is 10.6 Å². The number of benzene rings is 1. The molecule has 126 valence electrons. The van der Waals surface area contributed by atoms with Crippen molar-refractivity contribution in [3.63, 3.8) is 0 Å². The Balaban J connectivity index is 0.00000192. The Bertz CT molecular complexity index is 636. The number of fused-ring (bicyclic) bond motifs is 1. The van der Waals surface area contributed by atoms with E-state index < -0.39 is 0 Å². The van der Waals surface area contributed by atoms with Crippen molar-refractivity contribution in [2.75, 3.05) is 18.1 Å². The number of aliphatic hydroxyl groups is 1. The molecule has 0 aliphatic heterocycles. The minimum Gasteiger partial charge on any atom is -0.395 e. The summed E-state index contributed by atoms with van der Waals surface area (Å²) in [5, 5.41) is 12.0. The van der Waals surface area contributed by atoms with Crippen LogP contribution in [0.2, 0.25) is 0 Å². The predicted molar refractivity (Wildman–Crippen MR) is 98.4 cm³/mol. The van der Waals surface area contributed by atoms with Crippen LogP contribution in [0.5, 0.6) is 0 Å². The van der Waals surface area contributed by atoms with E-state index >= 15 is 0 Å². The van der Waals surface area contributed by atoms with E-state index in [1.807, 2.05) is 12.4 Å². The van der Waals surface area contributed by atoms with Gasteiger partial charge in [-0.25, -0.2) is 0 Å². The zero-order valence-corrected chi connectivity index (χ0v) is 14.4. The molecule has 0 unspecified atom stereocenters. The quantitative estimate of drug-likeness (QED) is 0.901. The molecule has 1 aromatic carbocycles. The van der Waals surface area contributed by atoms with Gasteiger partial charge in [-0.05, 0) is 44.2 Å². The van der Waals surface area contributed by atoms with E-state index in [2.05, 4.69) is 35.0 Å². The maximum atomic E-state index is 9.54. The zero-order valence-electron chi connectivity index (χ0n) is 13.6.